The van der Waals surface area contributed by atoms with Gasteiger partial charge in [0, 0.05) is 31.7 Å². The fourth-order valence-electron chi connectivity index (χ4n) is 2.56. The second-order valence-corrected chi connectivity index (χ2v) is 5.61. The number of ether oxygens (including phenoxy) is 1. The summed E-state index contributed by atoms with van der Waals surface area (Å²) in [6.07, 6.45) is 0.471. The number of hydrogen-bond donors (Lipinski definition) is 3. The number of methoxy groups -OCH3 is 1. The van der Waals surface area contributed by atoms with Crippen molar-refractivity contribution >= 4 is 11.9 Å². The minimum Gasteiger partial charge on any atom is -0.497 e. The maximum Gasteiger partial charge on any atom is 0.251 e. The van der Waals surface area contributed by atoms with Crippen molar-refractivity contribution < 1.29 is 14.6 Å². The highest BCUT2D eigenvalue weighted by molar-refractivity contribution is 5.94. The van der Waals surface area contributed by atoms with Crippen molar-refractivity contribution in [3.05, 3.63) is 29.8 Å². The number of hydrogen-bond acceptors (Lipinski definition) is 4. The van der Waals surface area contributed by atoms with Crippen LogP contribution in [0, 0.1) is 0 Å². The highest BCUT2D eigenvalue weighted by Gasteiger charge is 2.22. The van der Waals surface area contributed by atoms with Gasteiger partial charge < -0.3 is 25.4 Å². The van der Waals surface area contributed by atoms with Crippen LogP contribution in [0.5, 0.6) is 5.75 Å². The molecule has 0 radical (unpaired) electrons. The third-order valence-electron chi connectivity index (χ3n) is 3.79. The van der Waals surface area contributed by atoms with Crippen LogP contribution < -0.4 is 15.4 Å². The van der Waals surface area contributed by atoms with Gasteiger partial charge in [-0.25, -0.2) is 0 Å². The van der Waals surface area contributed by atoms with Crippen molar-refractivity contribution in [2.24, 2.45) is 4.99 Å². The molecule has 0 saturated carbocycles. The Morgan fingerprint density at radius 3 is 2.96 bits per heavy atom. The third-order valence-corrected chi connectivity index (χ3v) is 3.79. The molecule has 1 aliphatic rings. The molecule has 0 unspecified atom stereocenters. The van der Waals surface area contributed by atoms with E-state index in [1.165, 1.54) is 0 Å². The first kappa shape index (κ1) is 18.1. The Kier molecular flexibility index (Phi) is 6.87. The van der Waals surface area contributed by atoms with Gasteiger partial charge in [-0.3, -0.25) is 9.79 Å². The number of β-amino-alcohol motifs (C(OH)–C–C–N with tert-alkyl or cyclic N) is 1. The first-order valence-electron chi connectivity index (χ1n) is 8.27. The number of guanidine groups is 1. The van der Waals surface area contributed by atoms with Crippen LogP contribution in [0.4, 0.5) is 0 Å². The summed E-state index contributed by atoms with van der Waals surface area (Å²) in [5.74, 6) is 1.29. The molecule has 2 rings (SSSR count). The van der Waals surface area contributed by atoms with Crippen LogP contribution in [0.15, 0.2) is 29.3 Å². The van der Waals surface area contributed by atoms with Gasteiger partial charge in [0.2, 0.25) is 0 Å². The molecular weight excluding hydrogens is 308 g/mol. The number of rotatable bonds is 6. The lowest BCUT2D eigenvalue weighted by atomic mass is 10.2. The summed E-state index contributed by atoms with van der Waals surface area (Å²) >= 11 is 0. The van der Waals surface area contributed by atoms with Crippen molar-refractivity contribution in [3.63, 3.8) is 0 Å². The zero-order chi connectivity index (χ0) is 17.4. The number of aliphatic hydroxyl groups excluding tert-OH is 1. The zero-order valence-corrected chi connectivity index (χ0v) is 14.3. The zero-order valence-electron chi connectivity index (χ0n) is 14.3. The number of benzene rings is 1. The van der Waals surface area contributed by atoms with E-state index in [1.54, 1.807) is 31.4 Å². The van der Waals surface area contributed by atoms with Crippen molar-refractivity contribution in [3.8, 4) is 5.75 Å². The maximum atomic E-state index is 12.1. The molecule has 1 heterocycles. The van der Waals surface area contributed by atoms with E-state index in [1.807, 2.05) is 11.8 Å². The highest BCUT2D eigenvalue weighted by atomic mass is 16.5. The van der Waals surface area contributed by atoms with Gasteiger partial charge in [0.05, 0.1) is 19.8 Å². The lowest BCUT2D eigenvalue weighted by Gasteiger charge is -2.20. The van der Waals surface area contributed by atoms with Gasteiger partial charge in [0.15, 0.2) is 5.96 Å². The summed E-state index contributed by atoms with van der Waals surface area (Å²) in [4.78, 5) is 18.7. The standard InChI is InChI=1S/C17H26N4O3/c1-3-18-17(21-10-7-14(22)12-21)20-9-8-19-16(23)13-5-4-6-15(11-13)24-2/h4-6,11,14,22H,3,7-10,12H2,1-2H3,(H,18,20)(H,19,23)/t14-/m1/s1. The molecule has 3 N–H and O–H groups in total. The van der Waals surface area contributed by atoms with Gasteiger partial charge in [0.25, 0.3) is 5.91 Å². The molecule has 1 aliphatic heterocycles. The average Bonchev–Trinajstić information content (AvgIpc) is 3.03. The third kappa shape index (κ3) is 5.13. The van der Waals surface area contributed by atoms with Gasteiger partial charge >= 0.3 is 0 Å². The number of aliphatic imine (C=N–C) groups is 1. The predicted octanol–water partition coefficient (Wildman–Crippen LogP) is 0.457. The summed E-state index contributed by atoms with van der Waals surface area (Å²) < 4.78 is 5.12. The fraction of sp³-hybridized carbons (Fsp3) is 0.529. The number of amides is 1. The van der Waals surface area contributed by atoms with Crippen molar-refractivity contribution in [1.82, 2.24) is 15.5 Å². The maximum absolute atomic E-state index is 12.1. The monoisotopic (exact) mass is 334 g/mol. The van der Waals surface area contributed by atoms with E-state index < -0.39 is 0 Å². The number of nitrogens with one attached hydrogen (secondary N) is 2. The smallest absolute Gasteiger partial charge is 0.251 e. The SMILES string of the molecule is CCNC(=NCCNC(=O)c1cccc(OC)c1)N1CC[C@@H](O)C1. The molecule has 1 fully saturated rings. The molecule has 7 heteroatoms. The van der Waals surface area contributed by atoms with Crippen LogP contribution in [0.1, 0.15) is 23.7 Å². The molecule has 7 nitrogen and oxygen atoms in total. The molecule has 24 heavy (non-hydrogen) atoms. The molecule has 0 aliphatic carbocycles. The van der Waals surface area contributed by atoms with Crippen molar-refractivity contribution in [2.45, 2.75) is 19.4 Å². The Morgan fingerprint density at radius 2 is 2.29 bits per heavy atom. The van der Waals surface area contributed by atoms with E-state index in [2.05, 4.69) is 15.6 Å². The van der Waals surface area contributed by atoms with E-state index in [4.69, 9.17) is 4.74 Å². The van der Waals surface area contributed by atoms with Crippen molar-refractivity contribution in [2.75, 3.05) is 39.8 Å². The minimum absolute atomic E-state index is 0.148. The molecule has 1 aromatic rings. The number of aliphatic hydroxyl groups is 1. The second kappa shape index (κ2) is 9.12. The van der Waals surface area contributed by atoms with Crippen LogP contribution in [-0.4, -0.2) is 67.8 Å². The second-order valence-electron chi connectivity index (χ2n) is 5.61. The summed E-state index contributed by atoms with van der Waals surface area (Å²) in [5.41, 5.74) is 0.563. The topological polar surface area (TPSA) is 86.2 Å². The minimum atomic E-state index is -0.290. The van der Waals surface area contributed by atoms with Gasteiger partial charge in [-0.2, -0.15) is 0 Å². The molecule has 1 aromatic carbocycles. The number of carbonyl (C=O) groups is 1. The number of carbonyl (C=O) groups excluding carboxylic acids is 1. The largest absolute Gasteiger partial charge is 0.497 e. The van der Waals surface area contributed by atoms with Gasteiger partial charge in [0.1, 0.15) is 5.75 Å². The summed E-state index contributed by atoms with van der Waals surface area (Å²) in [5, 5.41) is 15.7. The van der Waals surface area contributed by atoms with E-state index in [-0.39, 0.29) is 12.0 Å². The summed E-state index contributed by atoms with van der Waals surface area (Å²) in [7, 11) is 1.57. The van der Waals surface area contributed by atoms with Crippen LogP contribution in [0.2, 0.25) is 0 Å². The Balaban J connectivity index is 1.83. The van der Waals surface area contributed by atoms with E-state index >= 15 is 0 Å². The van der Waals surface area contributed by atoms with Gasteiger partial charge in [-0.1, -0.05) is 6.07 Å². The van der Waals surface area contributed by atoms with Crippen LogP contribution in [0.25, 0.3) is 0 Å². The van der Waals surface area contributed by atoms with Crippen LogP contribution in [0.3, 0.4) is 0 Å². The molecular formula is C17H26N4O3. The normalized spacial score (nSPS) is 17.7. The summed E-state index contributed by atoms with van der Waals surface area (Å²) in [6, 6.07) is 7.03. The summed E-state index contributed by atoms with van der Waals surface area (Å²) in [6.45, 7) is 5.09. The number of likely N-dealkylation sites (tertiary alicyclic amines) is 1. The molecule has 132 valence electrons. The molecule has 0 spiro atoms. The van der Waals surface area contributed by atoms with E-state index in [9.17, 15) is 9.90 Å². The Labute approximate surface area is 142 Å². The lowest BCUT2D eigenvalue weighted by Crippen LogP contribution is -2.41. The van der Waals surface area contributed by atoms with Crippen LogP contribution in [-0.2, 0) is 0 Å². The van der Waals surface area contributed by atoms with Crippen molar-refractivity contribution in [1.29, 1.82) is 0 Å². The van der Waals surface area contributed by atoms with Crippen LogP contribution >= 0.6 is 0 Å². The Morgan fingerprint density at radius 1 is 1.46 bits per heavy atom. The van der Waals surface area contributed by atoms with E-state index in [0.29, 0.717) is 30.9 Å². The molecule has 1 atom stereocenters. The first-order valence-corrected chi connectivity index (χ1v) is 8.27. The lowest BCUT2D eigenvalue weighted by molar-refractivity contribution is 0.0954. The molecule has 1 saturated heterocycles. The molecule has 0 bridgehead atoms. The average molecular weight is 334 g/mol. The number of nitrogens with zero attached hydrogens (tertiary/aromatic N) is 2. The van der Waals surface area contributed by atoms with E-state index in [0.717, 1.165) is 25.5 Å². The van der Waals surface area contributed by atoms with Gasteiger partial charge in [-0.15, -0.1) is 0 Å². The fourth-order valence-corrected chi connectivity index (χ4v) is 2.56. The molecule has 1 amide bonds. The predicted molar refractivity (Wildman–Crippen MR) is 93.5 cm³/mol. The first-order chi connectivity index (χ1) is 11.6. The Bertz CT molecular complexity index is 577. The quantitative estimate of drug-likeness (QED) is 0.400. The van der Waals surface area contributed by atoms with Gasteiger partial charge in [-0.05, 0) is 31.5 Å². The highest BCUT2D eigenvalue weighted by Crippen LogP contribution is 2.12. The Hall–Kier alpha value is -2.28. The molecule has 0 aromatic heterocycles.